The van der Waals surface area contributed by atoms with E-state index in [0.29, 0.717) is 13.2 Å². The van der Waals surface area contributed by atoms with Crippen molar-refractivity contribution in [3.05, 3.63) is 78.4 Å². The third-order valence-corrected chi connectivity index (χ3v) is 5.31. The summed E-state index contributed by atoms with van der Waals surface area (Å²) in [6, 6.07) is 18.7. The van der Waals surface area contributed by atoms with Gasteiger partial charge in [0.25, 0.3) is 0 Å². The highest BCUT2D eigenvalue weighted by atomic mass is 16.5. The van der Waals surface area contributed by atoms with E-state index in [1.165, 1.54) is 24.8 Å². The summed E-state index contributed by atoms with van der Waals surface area (Å²) in [7, 11) is 0. The number of aliphatic hydroxyl groups is 1. The van der Waals surface area contributed by atoms with Crippen molar-refractivity contribution in [1.29, 1.82) is 0 Å². The van der Waals surface area contributed by atoms with Gasteiger partial charge in [-0.15, -0.1) is 6.58 Å². The lowest BCUT2D eigenvalue weighted by Gasteiger charge is -2.33. The zero-order valence-corrected chi connectivity index (χ0v) is 16.1. The molecule has 1 atom stereocenters. The fourth-order valence-electron chi connectivity index (χ4n) is 3.83. The number of hydrogen-bond acceptors (Lipinski definition) is 3. The molecule has 0 saturated carbocycles. The summed E-state index contributed by atoms with van der Waals surface area (Å²) in [5.41, 5.74) is 2.55. The second kappa shape index (κ2) is 10.3. The van der Waals surface area contributed by atoms with Gasteiger partial charge in [0.2, 0.25) is 0 Å². The third kappa shape index (κ3) is 6.23. The first-order valence-corrected chi connectivity index (χ1v) is 10.0. The number of piperidine rings is 1. The Morgan fingerprint density at radius 1 is 1.07 bits per heavy atom. The Bertz CT molecular complexity index is 693. The van der Waals surface area contributed by atoms with E-state index in [4.69, 9.17) is 4.74 Å². The minimum atomic E-state index is -0.465. The second-order valence-corrected chi connectivity index (χ2v) is 7.50. The molecule has 1 N–H and O–H groups in total. The predicted molar refractivity (Wildman–Crippen MR) is 111 cm³/mol. The first kappa shape index (κ1) is 19.7. The maximum atomic E-state index is 10.4. The molecule has 3 nitrogen and oxygen atoms in total. The van der Waals surface area contributed by atoms with Crippen LogP contribution in [0.5, 0.6) is 5.75 Å². The molecule has 0 amide bonds. The van der Waals surface area contributed by atoms with Crippen molar-refractivity contribution in [2.45, 2.75) is 31.8 Å². The van der Waals surface area contributed by atoms with E-state index >= 15 is 0 Å². The molecule has 0 bridgehead atoms. The highest BCUT2D eigenvalue weighted by Gasteiger charge is 2.21. The molecular weight excluding hydrogens is 334 g/mol. The van der Waals surface area contributed by atoms with Gasteiger partial charge in [-0.3, -0.25) is 0 Å². The molecule has 144 valence electrons. The van der Waals surface area contributed by atoms with Crippen LogP contribution in [0.25, 0.3) is 0 Å². The highest BCUT2D eigenvalue weighted by Crippen LogP contribution is 2.22. The predicted octanol–water partition coefficient (Wildman–Crippen LogP) is 4.11. The van der Waals surface area contributed by atoms with Crippen molar-refractivity contribution in [2.24, 2.45) is 5.92 Å². The van der Waals surface area contributed by atoms with Gasteiger partial charge >= 0.3 is 0 Å². The van der Waals surface area contributed by atoms with E-state index in [1.54, 1.807) is 0 Å². The third-order valence-electron chi connectivity index (χ3n) is 5.31. The average molecular weight is 366 g/mol. The van der Waals surface area contributed by atoms with Gasteiger partial charge in [0.15, 0.2) is 0 Å². The number of nitrogens with zero attached hydrogens (tertiary/aromatic N) is 1. The number of ether oxygens (including phenoxy) is 1. The molecule has 1 aliphatic rings. The topological polar surface area (TPSA) is 32.7 Å². The SMILES string of the molecule is C=CCc1ccccc1OCC(O)CN1CCC(Cc2ccccc2)CC1. The molecule has 2 aromatic rings. The molecule has 1 unspecified atom stereocenters. The number of benzene rings is 2. The van der Waals surface area contributed by atoms with Gasteiger partial charge in [-0.05, 0) is 61.9 Å². The maximum absolute atomic E-state index is 10.4. The smallest absolute Gasteiger partial charge is 0.122 e. The summed E-state index contributed by atoms with van der Waals surface area (Å²) in [6.45, 7) is 6.92. The van der Waals surface area contributed by atoms with Gasteiger partial charge < -0.3 is 14.7 Å². The summed E-state index contributed by atoms with van der Waals surface area (Å²) in [4.78, 5) is 2.37. The molecule has 2 aromatic carbocycles. The molecular formula is C24H31NO2. The van der Waals surface area contributed by atoms with Crippen LogP contribution >= 0.6 is 0 Å². The molecule has 1 saturated heterocycles. The molecule has 3 heteroatoms. The minimum Gasteiger partial charge on any atom is -0.491 e. The Balaban J connectivity index is 1.39. The fourth-order valence-corrected chi connectivity index (χ4v) is 3.83. The summed E-state index contributed by atoms with van der Waals surface area (Å²) in [5, 5.41) is 10.4. The first-order valence-electron chi connectivity index (χ1n) is 10.0. The summed E-state index contributed by atoms with van der Waals surface area (Å²) in [5.74, 6) is 1.60. The molecule has 27 heavy (non-hydrogen) atoms. The van der Waals surface area contributed by atoms with E-state index in [2.05, 4.69) is 41.8 Å². The molecule has 1 aliphatic heterocycles. The number of likely N-dealkylation sites (tertiary alicyclic amines) is 1. The van der Waals surface area contributed by atoms with Crippen molar-refractivity contribution in [1.82, 2.24) is 4.90 Å². The number of allylic oxidation sites excluding steroid dienone is 1. The normalized spacial score (nSPS) is 16.8. The second-order valence-electron chi connectivity index (χ2n) is 7.50. The fraction of sp³-hybridized carbons (Fsp3) is 0.417. The Morgan fingerprint density at radius 3 is 2.52 bits per heavy atom. The van der Waals surface area contributed by atoms with Gasteiger partial charge in [0.05, 0.1) is 0 Å². The number of para-hydroxylation sites is 1. The van der Waals surface area contributed by atoms with E-state index < -0.39 is 6.10 Å². The van der Waals surface area contributed by atoms with Crippen LogP contribution in [0.3, 0.4) is 0 Å². The lowest BCUT2D eigenvalue weighted by molar-refractivity contribution is 0.0548. The number of rotatable bonds is 9. The van der Waals surface area contributed by atoms with Crippen LogP contribution in [0.4, 0.5) is 0 Å². The van der Waals surface area contributed by atoms with Gasteiger partial charge in [0, 0.05) is 6.54 Å². The van der Waals surface area contributed by atoms with Crippen LogP contribution in [0.15, 0.2) is 67.3 Å². The van der Waals surface area contributed by atoms with Crippen LogP contribution < -0.4 is 4.74 Å². The number of hydrogen-bond donors (Lipinski definition) is 1. The van der Waals surface area contributed by atoms with Crippen molar-refractivity contribution >= 4 is 0 Å². The maximum Gasteiger partial charge on any atom is 0.122 e. The first-order chi connectivity index (χ1) is 13.2. The Labute approximate surface area is 163 Å². The Kier molecular flexibility index (Phi) is 7.49. The van der Waals surface area contributed by atoms with Crippen LogP contribution in [0.2, 0.25) is 0 Å². The molecule has 1 heterocycles. The summed E-state index contributed by atoms with van der Waals surface area (Å²) >= 11 is 0. The quantitative estimate of drug-likeness (QED) is 0.679. The molecule has 3 rings (SSSR count). The number of β-amino-alcohol motifs (C(OH)–C–C–N with tert-alkyl or cyclic N) is 1. The van der Waals surface area contributed by atoms with E-state index in [9.17, 15) is 5.11 Å². The zero-order chi connectivity index (χ0) is 18.9. The minimum absolute atomic E-state index is 0.331. The van der Waals surface area contributed by atoms with Gasteiger partial charge in [-0.2, -0.15) is 0 Å². The average Bonchev–Trinajstić information content (AvgIpc) is 2.70. The summed E-state index contributed by atoms with van der Waals surface area (Å²) in [6.07, 6.45) is 5.75. The molecule has 1 fully saturated rings. The van der Waals surface area contributed by atoms with E-state index in [-0.39, 0.29) is 0 Å². The lowest BCUT2D eigenvalue weighted by Crippen LogP contribution is -2.41. The van der Waals surface area contributed by atoms with E-state index in [0.717, 1.165) is 36.7 Å². The standard InChI is InChI=1S/C24H31NO2/c1-2-8-22-11-6-7-12-24(22)27-19-23(26)18-25-15-13-21(14-16-25)17-20-9-4-3-5-10-20/h2-7,9-12,21,23,26H,1,8,13-19H2. The van der Waals surface area contributed by atoms with Crippen LogP contribution in [-0.2, 0) is 12.8 Å². The molecule has 0 aliphatic carbocycles. The van der Waals surface area contributed by atoms with Crippen LogP contribution in [-0.4, -0.2) is 42.4 Å². The van der Waals surface area contributed by atoms with Crippen molar-refractivity contribution in [2.75, 3.05) is 26.2 Å². The lowest BCUT2D eigenvalue weighted by atomic mass is 9.90. The highest BCUT2D eigenvalue weighted by molar-refractivity contribution is 5.34. The molecule has 0 aromatic heterocycles. The van der Waals surface area contributed by atoms with Gasteiger partial charge in [-0.1, -0.05) is 54.6 Å². The largest absolute Gasteiger partial charge is 0.491 e. The zero-order valence-electron chi connectivity index (χ0n) is 16.1. The van der Waals surface area contributed by atoms with Crippen molar-refractivity contribution in [3.63, 3.8) is 0 Å². The van der Waals surface area contributed by atoms with Crippen LogP contribution in [0.1, 0.15) is 24.0 Å². The monoisotopic (exact) mass is 365 g/mol. The number of aliphatic hydroxyl groups excluding tert-OH is 1. The summed E-state index contributed by atoms with van der Waals surface area (Å²) < 4.78 is 5.87. The van der Waals surface area contributed by atoms with Crippen molar-refractivity contribution < 1.29 is 9.84 Å². The Morgan fingerprint density at radius 2 is 1.78 bits per heavy atom. The van der Waals surface area contributed by atoms with Gasteiger partial charge in [-0.25, -0.2) is 0 Å². The molecule has 0 spiro atoms. The van der Waals surface area contributed by atoms with Crippen LogP contribution in [0, 0.1) is 5.92 Å². The molecule has 0 radical (unpaired) electrons. The van der Waals surface area contributed by atoms with E-state index in [1.807, 2.05) is 30.3 Å². The Hall–Kier alpha value is -2.10. The van der Waals surface area contributed by atoms with Gasteiger partial charge in [0.1, 0.15) is 18.5 Å². The van der Waals surface area contributed by atoms with Crippen molar-refractivity contribution in [3.8, 4) is 5.75 Å².